The highest BCUT2D eigenvalue weighted by Crippen LogP contribution is 2.53. The van der Waals surface area contributed by atoms with Crippen molar-refractivity contribution in [3.05, 3.63) is 0 Å². The Morgan fingerprint density at radius 1 is 1.33 bits per heavy atom. The molecule has 0 aromatic heterocycles. The van der Waals surface area contributed by atoms with E-state index in [1.807, 2.05) is 0 Å². The topological polar surface area (TPSA) is 12.0 Å². The average Bonchev–Trinajstić information content (AvgIpc) is 2.62. The Labute approximate surface area is 95.0 Å². The summed E-state index contributed by atoms with van der Waals surface area (Å²) in [5.74, 6) is 2.82. The first-order valence-corrected chi connectivity index (χ1v) is 6.88. The molecule has 0 amide bonds. The first-order valence-electron chi connectivity index (χ1n) is 6.88. The minimum atomic E-state index is 0.722. The van der Waals surface area contributed by atoms with Crippen molar-refractivity contribution in [2.75, 3.05) is 13.1 Å². The van der Waals surface area contributed by atoms with Crippen LogP contribution in [-0.4, -0.2) is 13.1 Å². The van der Waals surface area contributed by atoms with Crippen molar-refractivity contribution in [3.63, 3.8) is 0 Å². The third kappa shape index (κ3) is 2.08. The van der Waals surface area contributed by atoms with Gasteiger partial charge in [-0.05, 0) is 61.9 Å². The van der Waals surface area contributed by atoms with Crippen LogP contribution in [0.5, 0.6) is 0 Å². The molecule has 1 aliphatic carbocycles. The van der Waals surface area contributed by atoms with Crippen LogP contribution in [0, 0.1) is 23.2 Å². The molecule has 3 unspecified atom stereocenters. The molecular weight excluding hydrogens is 182 g/mol. The second kappa shape index (κ2) is 4.45. The molecule has 0 aromatic carbocycles. The fourth-order valence-electron chi connectivity index (χ4n) is 4.12. The smallest absolute Gasteiger partial charge is 0.00127 e. The molecule has 1 spiro atoms. The van der Waals surface area contributed by atoms with E-state index in [9.17, 15) is 0 Å². The van der Waals surface area contributed by atoms with Crippen molar-refractivity contribution in [3.8, 4) is 0 Å². The zero-order valence-electron chi connectivity index (χ0n) is 10.7. The van der Waals surface area contributed by atoms with E-state index in [4.69, 9.17) is 0 Å². The van der Waals surface area contributed by atoms with E-state index >= 15 is 0 Å². The monoisotopic (exact) mass is 209 g/mol. The Balaban J connectivity index is 2.10. The van der Waals surface area contributed by atoms with Crippen LogP contribution in [0.2, 0.25) is 0 Å². The SMILES string of the molecule is CCC1CCC2(CCNCC2C(C)C)C1. The number of nitrogens with one attached hydrogen (secondary N) is 1. The highest BCUT2D eigenvalue weighted by Gasteiger charge is 2.46. The van der Waals surface area contributed by atoms with Crippen LogP contribution >= 0.6 is 0 Å². The Bertz CT molecular complexity index is 211. The highest BCUT2D eigenvalue weighted by atomic mass is 14.9. The van der Waals surface area contributed by atoms with Gasteiger partial charge in [0.15, 0.2) is 0 Å². The Kier molecular flexibility index (Phi) is 3.39. The molecule has 0 aromatic rings. The van der Waals surface area contributed by atoms with E-state index in [1.165, 1.54) is 45.2 Å². The third-order valence-electron chi connectivity index (χ3n) is 5.08. The van der Waals surface area contributed by atoms with Crippen LogP contribution in [0.15, 0.2) is 0 Å². The molecule has 2 aliphatic rings. The van der Waals surface area contributed by atoms with Gasteiger partial charge < -0.3 is 5.32 Å². The Morgan fingerprint density at radius 2 is 2.13 bits per heavy atom. The maximum atomic E-state index is 3.60. The first-order chi connectivity index (χ1) is 7.18. The average molecular weight is 209 g/mol. The summed E-state index contributed by atoms with van der Waals surface area (Å²) < 4.78 is 0. The molecule has 0 bridgehead atoms. The molecule has 1 aliphatic heterocycles. The molecule has 1 heteroatoms. The number of hydrogen-bond acceptors (Lipinski definition) is 1. The zero-order valence-corrected chi connectivity index (χ0v) is 10.7. The van der Waals surface area contributed by atoms with Crippen LogP contribution in [0.3, 0.4) is 0 Å². The lowest BCUT2D eigenvalue weighted by Crippen LogP contribution is -2.46. The summed E-state index contributed by atoms with van der Waals surface area (Å²) in [6.45, 7) is 9.74. The van der Waals surface area contributed by atoms with Gasteiger partial charge in [0, 0.05) is 0 Å². The molecule has 0 radical (unpaired) electrons. The zero-order chi connectivity index (χ0) is 10.9. The highest BCUT2D eigenvalue weighted by molar-refractivity contribution is 4.98. The molecule has 1 saturated heterocycles. The summed E-state index contributed by atoms with van der Waals surface area (Å²) in [6, 6.07) is 0. The van der Waals surface area contributed by atoms with E-state index in [-0.39, 0.29) is 0 Å². The van der Waals surface area contributed by atoms with E-state index < -0.39 is 0 Å². The largest absolute Gasteiger partial charge is 0.316 e. The molecular formula is C14H27N. The second-order valence-corrected chi connectivity index (χ2v) is 6.18. The van der Waals surface area contributed by atoms with E-state index in [1.54, 1.807) is 0 Å². The summed E-state index contributed by atoms with van der Waals surface area (Å²) in [5.41, 5.74) is 0.722. The summed E-state index contributed by atoms with van der Waals surface area (Å²) in [4.78, 5) is 0. The number of rotatable bonds is 2. The van der Waals surface area contributed by atoms with Gasteiger partial charge in [-0.15, -0.1) is 0 Å². The standard InChI is InChI=1S/C14H27N/c1-4-12-5-6-14(9-12)7-8-15-10-13(14)11(2)3/h11-13,15H,4-10H2,1-3H3. The molecule has 1 saturated carbocycles. The van der Waals surface area contributed by atoms with Crippen molar-refractivity contribution >= 4 is 0 Å². The van der Waals surface area contributed by atoms with Crippen LogP contribution in [0.1, 0.15) is 52.9 Å². The van der Waals surface area contributed by atoms with Gasteiger partial charge in [0.1, 0.15) is 0 Å². The fourth-order valence-corrected chi connectivity index (χ4v) is 4.12. The first kappa shape index (κ1) is 11.4. The molecule has 1 nitrogen and oxygen atoms in total. The van der Waals surface area contributed by atoms with Crippen molar-refractivity contribution in [1.29, 1.82) is 0 Å². The van der Waals surface area contributed by atoms with Crippen molar-refractivity contribution in [2.45, 2.75) is 52.9 Å². The van der Waals surface area contributed by atoms with Crippen LogP contribution in [0.25, 0.3) is 0 Å². The summed E-state index contributed by atoms with van der Waals surface area (Å²) in [5, 5.41) is 3.60. The minimum Gasteiger partial charge on any atom is -0.316 e. The molecule has 3 atom stereocenters. The fraction of sp³-hybridized carbons (Fsp3) is 1.00. The van der Waals surface area contributed by atoms with Gasteiger partial charge in [-0.2, -0.15) is 0 Å². The van der Waals surface area contributed by atoms with Gasteiger partial charge in [0.25, 0.3) is 0 Å². The van der Waals surface area contributed by atoms with Gasteiger partial charge in [0.2, 0.25) is 0 Å². The third-order valence-corrected chi connectivity index (χ3v) is 5.08. The van der Waals surface area contributed by atoms with Gasteiger partial charge in [0.05, 0.1) is 0 Å². The van der Waals surface area contributed by atoms with E-state index in [0.717, 1.165) is 23.2 Å². The summed E-state index contributed by atoms with van der Waals surface area (Å²) in [6.07, 6.45) is 7.37. The second-order valence-electron chi connectivity index (χ2n) is 6.18. The predicted octanol–water partition coefficient (Wildman–Crippen LogP) is 3.45. The number of hydrogen-bond donors (Lipinski definition) is 1. The lowest BCUT2D eigenvalue weighted by molar-refractivity contribution is 0.0727. The van der Waals surface area contributed by atoms with Crippen LogP contribution in [-0.2, 0) is 0 Å². The predicted molar refractivity (Wildman–Crippen MR) is 65.9 cm³/mol. The lowest BCUT2D eigenvalue weighted by atomic mass is 9.65. The Hall–Kier alpha value is -0.0400. The Morgan fingerprint density at radius 3 is 2.73 bits per heavy atom. The summed E-state index contributed by atoms with van der Waals surface area (Å²) >= 11 is 0. The molecule has 2 fully saturated rings. The van der Waals surface area contributed by atoms with Gasteiger partial charge in [-0.3, -0.25) is 0 Å². The maximum absolute atomic E-state index is 3.60. The van der Waals surface area contributed by atoms with Crippen molar-refractivity contribution in [1.82, 2.24) is 5.32 Å². The van der Waals surface area contributed by atoms with Gasteiger partial charge >= 0.3 is 0 Å². The van der Waals surface area contributed by atoms with Crippen molar-refractivity contribution in [2.24, 2.45) is 23.2 Å². The quantitative estimate of drug-likeness (QED) is 0.734. The molecule has 2 rings (SSSR count). The van der Waals surface area contributed by atoms with Crippen LogP contribution in [0.4, 0.5) is 0 Å². The lowest BCUT2D eigenvalue weighted by Gasteiger charge is -2.44. The normalized spacial score (nSPS) is 41.6. The molecule has 88 valence electrons. The molecule has 1 heterocycles. The van der Waals surface area contributed by atoms with Gasteiger partial charge in [-0.1, -0.05) is 27.2 Å². The van der Waals surface area contributed by atoms with E-state index in [0.29, 0.717) is 0 Å². The summed E-state index contributed by atoms with van der Waals surface area (Å²) in [7, 11) is 0. The van der Waals surface area contributed by atoms with Gasteiger partial charge in [-0.25, -0.2) is 0 Å². The maximum Gasteiger partial charge on any atom is -0.00127 e. The number of piperidine rings is 1. The molecule has 1 N–H and O–H groups in total. The van der Waals surface area contributed by atoms with Crippen molar-refractivity contribution < 1.29 is 0 Å². The minimum absolute atomic E-state index is 0.722. The molecule has 15 heavy (non-hydrogen) atoms. The van der Waals surface area contributed by atoms with E-state index in [2.05, 4.69) is 26.1 Å². The van der Waals surface area contributed by atoms with Crippen LogP contribution < -0.4 is 5.32 Å².